The standard InChI is InChI=1S/C14H19BrN2O.ClH/c1-9-4-5-12(15)6-13(9)14(18)17-7-10(2)16-11(3)8-17;/h4-6,10-11,16H,7-8H2,1-3H3;1H. The fraction of sp³-hybridized carbons (Fsp3) is 0.500. The normalized spacial score (nSPS) is 22.8. The number of halogens is 2. The van der Waals surface area contributed by atoms with Gasteiger partial charge in [-0.3, -0.25) is 4.79 Å². The number of benzene rings is 1. The van der Waals surface area contributed by atoms with E-state index in [0.29, 0.717) is 12.1 Å². The first-order valence-electron chi connectivity index (χ1n) is 6.29. The zero-order chi connectivity index (χ0) is 13.3. The van der Waals surface area contributed by atoms with Crippen LogP contribution in [0.1, 0.15) is 29.8 Å². The Morgan fingerprint density at radius 1 is 1.32 bits per heavy atom. The average molecular weight is 348 g/mol. The van der Waals surface area contributed by atoms with Crippen LogP contribution in [0.4, 0.5) is 0 Å². The first kappa shape index (κ1) is 16.5. The Labute approximate surface area is 129 Å². The summed E-state index contributed by atoms with van der Waals surface area (Å²) in [5.74, 6) is 0.133. The minimum Gasteiger partial charge on any atom is -0.336 e. The van der Waals surface area contributed by atoms with Crippen LogP contribution in [0, 0.1) is 6.92 Å². The molecule has 1 aromatic carbocycles. The first-order chi connectivity index (χ1) is 8.47. The fourth-order valence-corrected chi connectivity index (χ4v) is 2.85. The third-order valence-corrected chi connectivity index (χ3v) is 3.77. The summed E-state index contributed by atoms with van der Waals surface area (Å²) in [6, 6.07) is 6.56. The molecule has 0 aliphatic carbocycles. The van der Waals surface area contributed by atoms with Crippen LogP contribution in [-0.4, -0.2) is 36.0 Å². The third kappa shape index (κ3) is 3.94. The maximum Gasteiger partial charge on any atom is 0.254 e. The van der Waals surface area contributed by atoms with Crippen LogP contribution in [0.2, 0.25) is 0 Å². The van der Waals surface area contributed by atoms with Gasteiger partial charge in [0.25, 0.3) is 5.91 Å². The Morgan fingerprint density at radius 2 is 1.89 bits per heavy atom. The number of rotatable bonds is 1. The summed E-state index contributed by atoms with van der Waals surface area (Å²) in [6.07, 6.45) is 0. The van der Waals surface area contributed by atoms with Gasteiger partial charge in [-0.25, -0.2) is 0 Å². The number of nitrogens with one attached hydrogen (secondary N) is 1. The molecule has 2 unspecified atom stereocenters. The topological polar surface area (TPSA) is 32.3 Å². The van der Waals surface area contributed by atoms with Gasteiger partial charge in [0.1, 0.15) is 0 Å². The third-order valence-electron chi connectivity index (χ3n) is 3.27. The second kappa shape index (κ2) is 6.73. The van der Waals surface area contributed by atoms with E-state index in [9.17, 15) is 4.79 Å². The molecule has 106 valence electrons. The van der Waals surface area contributed by atoms with Crippen LogP contribution < -0.4 is 5.32 Å². The minimum absolute atomic E-state index is 0. The van der Waals surface area contributed by atoms with E-state index < -0.39 is 0 Å². The highest BCUT2D eigenvalue weighted by Crippen LogP contribution is 2.19. The Balaban J connectivity index is 0.00000180. The van der Waals surface area contributed by atoms with Crippen LogP contribution in [0.15, 0.2) is 22.7 Å². The van der Waals surface area contributed by atoms with Crippen LogP contribution in [0.25, 0.3) is 0 Å². The molecular formula is C14H20BrClN2O. The number of aryl methyl sites for hydroxylation is 1. The number of nitrogens with zero attached hydrogens (tertiary/aromatic N) is 1. The zero-order valence-electron chi connectivity index (χ0n) is 11.4. The molecule has 0 radical (unpaired) electrons. The summed E-state index contributed by atoms with van der Waals surface area (Å²) in [5, 5.41) is 3.44. The summed E-state index contributed by atoms with van der Waals surface area (Å²) in [5.41, 5.74) is 1.83. The van der Waals surface area contributed by atoms with Crippen molar-refractivity contribution >= 4 is 34.2 Å². The molecule has 2 atom stereocenters. The van der Waals surface area contributed by atoms with Gasteiger partial charge < -0.3 is 10.2 Å². The Morgan fingerprint density at radius 3 is 2.47 bits per heavy atom. The van der Waals surface area contributed by atoms with E-state index in [1.54, 1.807) is 0 Å². The molecule has 1 aliphatic heterocycles. The smallest absolute Gasteiger partial charge is 0.254 e. The van der Waals surface area contributed by atoms with Crippen LogP contribution in [-0.2, 0) is 0 Å². The van der Waals surface area contributed by atoms with Crippen molar-refractivity contribution in [2.45, 2.75) is 32.9 Å². The van der Waals surface area contributed by atoms with Crippen molar-refractivity contribution in [3.8, 4) is 0 Å². The maximum absolute atomic E-state index is 12.5. The van der Waals surface area contributed by atoms with Crippen LogP contribution in [0.3, 0.4) is 0 Å². The Kier molecular flexibility index (Phi) is 5.83. The molecule has 1 amide bonds. The monoisotopic (exact) mass is 346 g/mol. The average Bonchev–Trinajstić information content (AvgIpc) is 2.30. The van der Waals surface area contributed by atoms with Crippen molar-refractivity contribution in [3.63, 3.8) is 0 Å². The number of carbonyl (C=O) groups is 1. The molecule has 3 nitrogen and oxygen atoms in total. The minimum atomic E-state index is 0. The molecule has 0 aromatic heterocycles. The van der Waals surface area contributed by atoms with E-state index in [2.05, 4.69) is 35.1 Å². The lowest BCUT2D eigenvalue weighted by Crippen LogP contribution is -2.55. The molecule has 0 spiro atoms. The molecule has 1 saturated heterocycles. The second-order valence-corrected chi connectivity index (χ2v) is 6.05. The first-order valence-corrected chi connectivity index (χ1v) is 7.08. The number of hydrogen-bond donors (Lipinski definition) is 1. The maximum atomic E-state index is 12.5. The van der Waals surface area contributed by atoms with E-state index >= 15 is 0 Å². The highest BCUT2D eigenvalue weighted by Gasteiger charge is 2.26. The Hall–Kier alpha value is -0.580. The van der Waals surface area contributed by atoms with E-state index in [1.807, 2.05) is 30.0 Å². The predicted octanol–water partition coefficient (Wildman–Crippen LogP) is 3.00. The lowest BCUT2D eigenvalue weighted by Gasteiger charge is -2.36. The van der Waals surface area contributed by atoms with E-state index in [1.165, 1.54) is 0 Å². The number of amides is 1. The number of hydrogen-bond acceptors (Lipinski definition) is 2. The SMILES string of the molecule is Cc1ccc(Br)cc1C(=O)N1CC(C)NC(C)C1.Cl. The summed E-state index contributed by atoms with van der Waals surface area (Å²) < 4.78 is 0.952. The van der Waals surface area contributed by atoms with Crippen LogP contribution in [0.5, 0.6) is 0 Å². The summed E-state index contributed by atoms with van der Waals surface area (Å²) in [7, 11) is 0. The van der Waals surface area contributed by atoms with Crippen LogP contribution >= 0.6 is 28.3 Å². The van der Waals surface area contributed by atoms with E-state index in [-0.39, 0.29) is 18.3 Å². The van der Waals surface area contributed by atoms with Crippen molar-refractivity contribution in [2.24, 2.45) is 0 Å². The van der Waals surface area contributed by atoms with Gasteiger partial charge in [0.05, 0.1) is 0 Å². The van der Waals surface area contributed by atoms with Crippen molar-refractivity contribution in [1.82, 2.24) is 10.2 Å². The van der Waals surface area contributed by atoms with Gasteiger partial charge in [0, 0.05) is 35.2 Å². The fourth-order valence-electron chi connectivity index (χ4n) is 2.49. The molecule has 19 heavy (non-hydrogen) atoms. The molecule has 1 N–H and O–H groups in total. The van der Waals surface area contributed by atoms with Crippen molar-refractivity contribution in [1.29, 1.82) is 0 Å². The molecular weight excluding hydrogens is 328 g/mol. The molecule has 1 fully saturated rings. The van der Waals surface area contributed by atoms with E-state index in [0.717, 1.165) is 28.7 Å². The lowest BCUT2D eigenvalue weighted by atomic mass is 10.1. The zero-order valence-corrected chi connectivity index (χ0v) is 13.8. The summed E-state index contributed by atoms with van der Waals surface area (Å²) >= 11 is 3.43. The number of carbonyl (C=O) groups excluding carboxylic acids is 1. The van der Waals surface area contributed by atoms with Crippen molar-refractivity contribution in [3.05, 3.63) is 33.8 Å². The lowest BCUT2D eigenvalue weighted by molar-refractivity contribution is 0.0673. The molecule has 1 heterocycles. The van der Waals surface area contributed by atoms with Gasteiger partial charge in [-0.15, -0.1) is 12.4 Å². The molecule has 1 aromatic rings. The molecule has 5 heteroatoms. The van der Waals surface area contributed by atoms with Gasteiger partial charge in [0.15, 0.2) is 0 Å². The van der Waals surface area contributed by atoms with Gasteiger partial charge >= 0.3 is 0 Å². The van der Waals surface area contributed by atoms with Gasteiger partial charge in [0.2, 0.25) is 0 Å². The molecule has 2 rings (SSSR count). The van der Waals surface area contributed by atoms with E-state index in [4.69, 9.17) is 0 Å². The second-order valence-electron chi connectivity index (χ2n) is 5.14. The largest absolute Gasteiger partial charge is 0.336 e. The van der Waals surface area contributed by atoms with Gasteiger partial charge in [-0.2, -0.15) is 0 Å². The molecule has 0 saturated carbocycles. The molecule has 0 bridgehead atoms. The quantitative estimate of drug-likeness (QED) is 0.847. The highest BCUT2D eigenvalue weighted by molar-refractivity contribution is 9.10. The van der Waals surface area contributed by atoms with Crippen molar-refractivity contribution in [2.75, 3.05) is 13.1 Å². The van der Waals surface area contributed by atoms with Crippen molar-refractivity contribution < 1.29 is 4.79 Å². The highest BCUT2D eigenvalue weighted by atomic mass is 79.9. The summed E-state index contributed by atoms with van der Waals surface area (Å²) in [4.78, 5) is 14.5. The Bertz CT molecular complexity index is 457. The molecule has 1 aliphatic rings. The predicted molar refractivity (Wildman–Crippen MR) is 84.1 cm³/mol. The number of piperazine rings is 1. The van der Waals surface area contributed by atoms with Gasteiger partial charge in [-0.1, -0.05) is 22.0 Å². The summed E-state index contributed by atoms with van der Waals surface area (Å²) in [6.45, 7) is 7.76. The van der Waals surface area contributed by atoms with Gasteiger partial charge in [-0.05, 0) is 38.5 Å².